The molecule has 0 fully saturated rings. The Labute approximate surface area is 124 Å². The maximum atomic E-state index is 13.5. The first kappa shape index (κ1) is 13.5. The predicted octanol–water partition coefficient (Wildman–Crippen LogP) is 4.10. The summed E-state index contributed by atoms with van der Waals surface area (Å²) in [5, 5.41) is 5.24. The van der Waals surface area contributed by atoms with Gasteiger partial charge in [0.25, 0.3) is 5.91 Å². The Morgan fingerprint density at radius 3 is 2.81 bits per heavy atom. The fourth-order valence-corrected chi connectivity index (χ4v) is 2.42. The number of aryl methyl sites for hydroxylation is 1. The van der Waals surface area contributed by atoms with E-state index in [0.717, 1.165) is 5.01 Å². The largest absolute Gasteiger partial charge is 0.449 e. The summed E-state index contributed by atoms with van der Waals surface area (Å²) >= 11 is 1.50. The van der Waals surface area contributed by atoms with Gasteiger partial charge in [0.05, 0.1) is 10.7 Å². The molecule has 6 heteroatoms. The van der Waals surface area contributed by atoms with Gasteiger partial charge in [0, 0.05) is 5.38 Å². The van der Waals surface area contributed by atoms with Crippen molar-refractivity contribution in [2.75, 3.05) is 5.32 Å². The first-order chi connectivity index (χ1) is 10.1. The summed E-state index contributed by atoms with van der Waals surface area (Å²) in [5.74, 6) is -0.372. The van der Waals surface area contributed by atoms with E-state index in [1.165, 1.54) is 23.5 Å². The molecule has 0 bridgehead atoms. The standard InChI is InChI=1S/C15H11FN2O2S/c1-9-17-12(8-21-9)13-6-7-14(20-13)15(19)18-11-5-3-2-4-10(11)16/h2-8H,1H3,(H,18,19). The molecule has 0 spiro atoms. The van der Waals surface area contributed by atoms with Crippen LogP contribution in [0.2, 0.25) is 0 Å². The number of hydrogen-bond donors (Lipinski definition) is 1. The third kappa shape index (κ3) is 2.85. The van der Waals surface area contributed by atoms with Crippen LogP contribution in [0, 0.1) is 12.7 Å². The van der Waals surface area contributed by atoms with Crippen molar-refractivity contribution in [3.8, 4) is 11.5 Å². The average molecular weight is 302 g/mol. The van der Waals surface area contributed by atoms with Crippen molar-refractivity contribution < 1.29 is 13.6 Å². The molecule has 0 atom stereocenters. The van der Waals surface area contributed by atoms with Gasteiger partial charge in [-0.2, -0.15) is 0 Å². The molecule has 1 amide bonds. The Balaban J connectivity index is 1.80. The number of nitrogens with zero attached hydrogens (tertiary/aromatic N) is 1. The van der Waals surface area contributed by atoms with Crippen LogP contribution >= 0.6 is 11.3 Å². The van der Waals surface area contributed by atoms with Crippen molar-refractivity contribution in [2.24, 2.45) is 0 Å². The number of para-hydroxylation sites is 1. The number of furan rings is 1. The van der Waals surface area contributed by atoms with Crippen LogP contribution in [-0.4, -0.2) is 10.9 Å². The lowest BCUT2D eigenvalue weighted by Gasteiger charge is -2.03. The average Bonchev–Trinajstić information content (AvgIpc) is 3.10. The zero-order valence-electron chi connectivity index (χ0n) is 11.1. The highest BCUT2D eigenvalue weighted by Crippen LogP contribution is 2.24. The van der Waals surface area contributed by atoms with Crippen LogP contribution in [0.3, 0.4) is 0 Å². The van der Waals surface area contributed by atoms with Gasteiger partial charge in [-0.05, 0) is 31.2 Å². The molecule has 4 nitrogen and oxygen atoms in total. The number of carbonyl (C=O) groups excluding carboxylic acids is 1. The van der Waals surface area contributed by atoms with E-state index >= 15 is 0 Å². The number of nitrogens with one attached hydrogen (secondary N) is 1. The summed E-state index contributed by atoms with van der Waals surface area (Å²) in [5.41, 5.74) is 0.799. The molecule has 0 aliphatic rings. The number of thiazole rings is 1. The predicted molar refractivity (Wildman–Crippen MR) is 78.9 cm³/mol. The minimum atomic E-state index is -0.502. The summed E-state index contributed by atoms with van der Waals surface area (Å²) in [6, 6.07) is 9.18. The van der Waals surface area contributed by atoms with Gasteiger partial charge in [-0.15, -0.1) is 11.3 Å². The lowest BCUT2D eigenvalue weighted by atomic mass is 10.3. The van der Waals surface area contributed by atoms with E-state index in [4.69, 9.17) is 4.42 Å². The summed E-state index contributed by atoms with van der Waals surface area (Å²) in [6.07, 6.45) is 0. The van der Waals surface area contributed by atoms with E-state index in [-0.39, 0.29) is 11.4 Å². The van der Waals surface area contributed by atoms with Crippen LogP contribution in [0.1, 0.15) is 15.6 Å². The van der Waals surface area contributed by atoms with Gasteiger partial charge in [-0.25, -0.2) is 9.37 Å². The molecule has 0 radical (unpaired) electrons. The van der Waals surface area contributed by atoms with Crippen LogP contribution in [0.25, 0.3) is 11.5 Å². The van der Waals surface area contributed by atoms with E-state index in [1.54, 1.807) is 24.3 Å². The second kappa shape index (κ2) is 5.49. The summed E-state index contributed by atoms with van der Waals surface area (Å²) in [7, 11) is 0. The van der Waals surface area contributed by atoms with Crippen LogP contribution < -0.4 is 5.32 Å². The number of halogens is 1. The number of anilines is 1. The molecular weight excluding hydrogens is 291 g/mol. The zero-order valence-corrected chi connectivity index (χ0v) is 11.9. The number of carbonyl (C=O) groups is 1. The molecule has 0 saturated carbocycles. The Kier molecular flexibility index (Phi) is 3.53. The quantitative estimate of drug-likeness (QED) is 0.792. The van der Waals surface area contributed by atoms with Crippen molar-refractivity contribution in [1.82, 2.24) is 4.98 Å². The third-order valence-electron chi connectivity index (χ3n) is 2.82. The van der Waals surface area contributed by atoms with Crippen molar-refractivity contribution in [1.29, 1.82) is 0 Å². The van der Waals surface area contributed by atoms with Crippen molar-refractivity contribution in [3.63, 3.8) is 0 Å². The van der Waals surface area contributed by atoms with E-state index < -0.39 is 11.7 Å². The van der Waals surface area contributed by atoms with Gasteiger partial charge in [0.15, 0.2) is 11.5 Å². The lowest BCUT2D eigenvalue weighted by Crippen LogP contribution is -2.11. The summed E-state index contributed by atoms with van der Waals surface area (Å²) < 4.78 is 19.0. The highest BCUT2D eigenvalue weighted by molar-refractivity contribution is 7.09. The van der Waals surface area contributed by atoms with Crippen LogP contribution in [-0.2, 0) is 0 Å². The van der Waals surface area contributed by atoms with Crippen molar-refractivity contribution >= 4 is 22.9 Å². The summed E-state index contributed by atoms with van der Waals surface area (Å²) in [4.78, 5) is 16.3. The highest BCUT2D eigenvalue weighted by Gasteiger charge is 2.15. The molecule has 0 saturated heterocycles. The fourth-order valence-electron chi connectivity index (χ4n) is 1.82. The van der Waals surface area contributed by atoms with Gasteiger partial charge in [0.2, 0.25) is 0 Å². The lowest BCUT2D eigenvalue weighted by molar-refractivity contribution is 0.0997. The molecule has 21 heavy (non-hydrogen) atoms. The Hall–Kier alpha value is -2.47. The molecule has 0 aliphatic heterocycles. The van der Waals surface area contributed by atoms with E-state index in [9.17, 15) is 9.18 Å². The van der Waals surface area contributed by atoms with Gasteiger partial charge in [-0.3, -0.25) is 4.79 Å². The second-order valence-electron chi connectivity index (χ2n) is 4.35. The molecule has 1 N–H and O–H groups in total. The fraction of sp³-hybridized carbons (Fsp3) is 0.0667. The Morgan fingerprint density at radius 2 is 2.10 bits per heavy atom. The SMILES string of the molecule is Cc1nc(-c2ccc(C(=O)Nc3ccccc3F)o2)cs1. The minimum absolute atomic E-state index is 0.110. The second-order valence-corrected chi connectivity index (χ2v) is 5.41. The van der Waals surface area contributed by atoms with Gasteiger partial charge in [-0.1, -0.05) is 12.1 Å². The monoisotopic (exact) mass is 302 g/mol. The third-order valence-corrected chi connectivity index (χ3v) is 3.60. The molecular formula is C15H11FN2O2S. The maximum absolute atomic E-state index is 13.5. The minimum Gasteiger partial charge on any atom is -0.449 e. The van der Waals surface area contributed by atoms with Gasteiger partial charge in [0.1, 0.15) is 11.5 Å². The number of hydrogen-bond acceptors (Lipinski definition) is 4. The molecule has 3 aromatic rings. The first-order valence-electron chi connectivity index (χ1n) is 6.22. The number of amides is 1. The van der Waals surface area contributed by atoms with Crippen molar-refractivity contribution in [3.05, 3.63) is 58.4 Å². The number of aromatic nitrogens is 1. The Bertz CT molecular complexity index is 794. The Morgan fingerprint density at radius 1 is 1.29 bits per heavy atom. The molecule has 3 rings (SSSR count). The summed E-state index contributed by atoms with van der Waals surface area (Å²) in [6.45, 7) is 1.89. The first-order valence-corrected chi connectivity index (χ1v) is 7.09. The van der Waals surface area contributed by atoms with Crippen LogP contribution in [0.5, 0.6) is 0 Å². The van der Waals surface area contributed by atoms with Crippen molar-refractivity contribution in [2.45, 2.75) is 6.92 Å². The molecule has 0 aliphatic carbocycles. The molecule has 2 heterocycles. The molecule has 1 aromatic carbocycles. The van der Waals surface area contributed by atoms with Gasteiger partial charge >= 0.3 is 0 Å². The van der Waals surface area contributed by atoms with Crippen LogP contribution in [0.4, 0.5) is 10.1 Å². The maximum Gasteiger partial charge on any atom is 0.291 e. The number of rotatable bonds is 3. The highest BCUT2D eigenvalue weighted by atomic mass is 32.1. The molecule has 0 unspecified atom stereocenters. The smallest absolute Gasteiger partial charge is 0.291 e. The number of benzene rings is 1. The zero-order chi connectivity index (χ0) is 14.8. The van der Waals surface area contributed by atoms with E-state index in [2.05, 4.69) is 10.3 Å². The molecule has 106 valence electrons. The molecule has 2 aromatic heterocycles. The normalized spacial score (nSPS) is 10.6. The van der Waals surface area contributed by atoms with Crippen LogP contribution in [0.15, 0.2) is 46.2 Å². The van der Waals surface area contributed by atoms with E-state index in [1.807, 2.05) is 12.3 Å². The van der Waals surface area contributed by atoms with Gasteiger partial charge < -0.3 is 9.73 Å². The topological polar surface area (TPSA) is 55.1 Å². The van der Waals surface area contributed by atoms with E-state index in [0.29, 0.717) is 11.5 Å².